The van der Waals surface area contributed by atoms with Crippen LogP contribution in [0.15, 0.2) is 30.6 Å². The van der Waals surface area contributed by atoms with E-state index in [9.17, 15) is 19.8 Å². The first-order valence-corrected chi connectivity index (χ1v) is 14.2. The summed E-state index contributed by atoms with van der Waals surface area (Å²) >= 11 is 5.92. The number of anilines is 2. The van der Waals surface area contributed by atoms with Crippen LogP contribution in [0.3, 0.4) is 0 Å². The average molecular weight is 641 g/mol. The van der Waals surface area contributed by atoms with Crippen molar-refractivity contribution in [3.63, 3.8) is 0 Å². The Labute approximate surface area is 256 Å². The molecular weight excluding hydrogens is 607 g/mol. The number of aliphatic hydroxyl groups is 2. The predicted molar refractivity (Wildman–Crippen MR) is 153 cm³/mol. The van der Waals surface area contributed by atoms with E-state index in [1.165, 1.54) is 10.9 Å². The van der Waals surface area contributed by atoms with Crippen molar-refractivity contribution in [1.82, 2.24) is 19.5 Å². The molecule has 5 N–H and O–H groups in total. The van der Waals surface area contributed by atoms with Gasteiger partial charge in [0.05, 0.1) is 26.1 Å². The lowest BCUT2D eigenvalue weighted by molar-refractivity contribution is -0.197. The molecule has 15 nitrogen and oxygen atoms in total. The highest BCUT2D eigenvalue weighted by Gasteiger charge is 2.53. The number of carbonyl (C=O) groups is 2. The highest BCUT2D eigenvalue weighted by Crippen LogP contribution is 2.36. The van der Waals surface area contributed by atoms with E-state index in [2.05, 4.69) is 20.3 Å². The molecule has 0 saturated carbocycles. The van der Waals surface area contributed by atoms with Gasteiger partial charge in [0.2, 0.25) is 11.7 Å². The number of nitrogens with zero attached hydrogens (tertiary/aromatic N) is 4. The second-order valence-electron chi connectivity index (χ2n) is 9.61. The summed E-state index contributed by atoms with van der Waals surface area (Å²) < 4.78 is 43.8. The molecule has 3 aromatic rings. The molecule has 1 unspecified atom stereocenters. The van der Waals surface area contributed by atoms with Crippen LogP contribution in [0.4, 0.5) is 15.9 Å². The molecule has 1 aliphatic rings. The van der Waals surface area contributed by atoms with Gasteiger partial charge in [-0.05, 0) is 50.1 Å². The van der Waals surface area contributed by atoms with Crippen molar-refractivity contribution in [3.8, 4) is 0 Å². The molecule has 3 heterocycles. The number of nitrogens with one attached hydrogen (secondary N) is 1. The molecule has 1 fully saturated rings. The van der Waals surface area contributed by atoms with Gasteiger partial charge in [-0.15, -0.1) is 0 Å². The molecule has 1 aliphatic heterocycles. The summed E-state index contributed by atoms with van der Waals surface area (Å²) in [4.78, 5) is 38.6. The molecule has 0 aliphatic carbocycles. The summed E-state index contributed by atoms with van der Waals surface area (Å²) in [5.41, 5.74) is 4.68. The zero-order valence-electron chi connectivity index (χ0n) is 24.2. The Morgan fingerprint density at radius 2 is 1.82 bits per heavy atom. The van der Waals surface area contributed by atoms with E-state index >= 15 is 4.39 Å². The number of rotatable bonds is 14. The van der Waals surface area contributed by atoms with Crippen LogP contribution in [0.1, 0.15) is 32.6 Å². The lowest BCUT2D eigenvalue weighted by Crippen LogP contribution is -2.54. The van der Waals surface area contributed by atoms with E-state index in [4.69, 9.17) is 41.0 Å². The first kappa shape index (κ1) is 33.2. The Morgan fingerprint density at radius 3 is 2.43 bits per heavy atom. The fourth-order valence-electron chi connectivity index (χ4n) is 4.63. The van der Waals surface area contributed by atoms with Crippen molar-refractivity contribution in [2.45, 2.75) is 63.8 Å². The van der Waals surface area contributed by atoms with Crippen molar-refractivity contribution >= 4 is 46.2 Å². The number of alkyl halides is 1. The lowest BCUT2D eigenvalue weighted by Gasteiger charge is -2.31. The minimum Gasteiger partial charge on any atom is -0.463 e. The average Bonchev–Trinajstić information content (AvgIpc) is 3.52. The number of hydrogen-bond donors (Lipinski definition) is 4. The quantitative estimate of drug-likeness (QED) is 0.0854. The van der Waals surface area contributed by atoms with Gasteiger partial charge in [0.25, 0.3) is 5.60 Å². The largest absolute Gasteiger partial charge is 0.463 e. The van der Waals surface area contributed by atoms with Gasteiger partial charge in [0.15, 0.2) is 23.9 Å². The number of esters is 2. The topological polar surface area (TPSA) is 202 Å². The normalized spacial score (nSPS) is 20.9. The minimum absolute atomic E-state index is 0.0319. The first-order valence-electron chi connectivity index (χ1n) is 13.8. The highest BCUT2D eigenvalue weighted by atomic mass is 35.5. The molecule has 17 heteroatoms. The summed E-state index contributed by atoms with van der Waals surface area (Å²) in [5, 5.41) is 23.1. The third kappa shape index (κ3) is 7.00. The summed E-state index contributed by atoms with van der Waals surface area (Å²) in [6, 6.07) is 6.38. The molecule has 240 valence electrons. The number of aliphatic hydroxyl groups excluding tert-OH is 2. The second kappa shape index (κ2) is 14.4. The van der Waals surface area contributed by atoms with Gasteiger partial charge in [0.1, 0.15) is 17.7 Å². The Morgan fingerprint density at radius 1 is 1.16 bits per heavy atom. The highest BCUT2D eigenvalue weighted by molar-refractivity contribution is 6.28. The fourth-order valence-corrected chi connectivity index (χ4v) is 4.80. The second-order valence-corrected chi connectivity index (χ2v) is 9.94. The van der Waals surface area contributed by atoms with Gasteiger partial charge in [-0.3, -0.25) is 4.57 Å². The number of fused-ring (bicyclic) bond motifs is 1. The van der Waals surface area contributed by atoms with Crippen LogP contribution in [0.2, 0.25) is 5.28 Å². The monoisotopic (exact) mass is 640 g/mol. The fraction of sp³-hybridized carbons (Fsp3) is 0.519. The lowest BCUT2D eigenvalue weighted by atomic mass is 9.93. The van der Waals surface area contributed by atoms with Crippen LogP contribution in [-0.2, 0) is 39.7 Å². The number of carbonyl (C=O) groups excluding carboxylic acids is 2. The first-order chi connectivity index (χ1) is 21.0. The van der Waals surface area contributed by atoms with Crippen LogP contribution in [0.25, 0.3) is 11.2 Å². The van der Waals surface area contributed by atoms with Crippen LogP contribution in [0, 0.1) is 0 Å². The number of ether oxygens (including phenoxy) is 5. The third-order valence-corrected chi connectivity index (χ3v) is 6.88. The van der Waals surface area contributed by atoms with E-state index < -0.39 is 55.2 Å². The number of benzene rings is 1. The summed E-state index contributed by atoms with van der Waals surface area (Å²) in [6.45, 7) is 4.34. The van der Waals surface area contributed by atoms with Crippen molar-refractivity contribution in [2.75, 3.05) is 37.5 Å². The molecule has 1 saturated heterocycles. The molecule has 5 atom stereocenters. The smallest absolute Gasteiger partial charge is 0.350 e. The summed E-state index contributed by atoms with van der Waals surface area (Å²) in [6.07, 6.45) is -6.88. The summed E-state index contributed by atoms with van der Waals surface area (Å²) in [7, 11) is 0. The number of nitrogen functional groups attached to an aromatic ring is 1. The van der Waals surface area contributed by atoms with E-state index in [1.54, 1.807) is 45.0 Å². The third-order valence-electron chi connectivity index (χ3n) is 6.72. The zero-order valence-corrected chi connectivity index (χ0v) is 24.9. The molecule has 4 rings (SSSR count). The number of aromatic nitrogens is 4. The van der Waals surface area contributed by atoms with Gasteiger partial charge in [-0.1, -0.05) is 12.1 Å². The van der Waals surface area contributed by atoms with Crippen LogP contribution < -0.4 is 11.1 Å². The Hall–Kier alpha value is -3.67. The van der Waals surface area contributed by atoms with Crippen molar-refractivity contribution in [1.29, 1.82) is 0 Å². The van der Waals surface area contributed by atoms with Crippen molar-refractivity contribution in [3.05, 3.63) is 41.4 Å². The van der Waals surface area contributed by atoms with Crippen molar-refractivity contribution < 1.29 is 47.9 Å². The van der Waals surface area contributed by atoms with Crippen LogP contribution >= 0.6 is 11.6 Å². The maximum atomic E-state index is 15.4. The van der Waals surface area contributed by atoms with E-state index in [0.717, 1.165) is 0 Å². The number of nitrogens with two attached hydrogens (primary N) is 1. The van der Waals surface area contributed by atoms with E-state index in [0.29, 0.717) is 11.3 Å². The molecular formula is C27H34ClFN6O9. The van der Waals surface area contributed by atoms with E-state index in [1.807, 2.05) is 0 Å². The SMILES string of the molecule is CCOC(=O)C(Cc1ccc(NC(O)OCC)cc1)(OC[C@H]1O[C@@H](n2cnc3c(N)nc(Cl)nc32)[C@@H](F)[C@@H]1O)C(=O)OCC. The molecule has 44 heavy (non-hydrogen) atoms. The van der Waals surface area contributed by atoms with Gasteiger partial charge in [-0.25, -0.2) is 19.0 Å². The molecule has 0 spiro atoms. The van der Waals surface area contributed by atoms with Gasteiger partial charge >= 0.3 is 11.9 Å². The Balaban J connectivity index is 1.59. The molecule has 0 radical (unpaired) electrons. The number of imidazole rings is 1. The molecule has 2 aromatic heterocycles. The Bertz CT molecular complexity index is 1430. The molecule has 0 amide bonds. The van der Waals surface area contributed by atoms with Gasteiger partial charge < -0.3 is 44.9 Å². The predicted octanol–water partition coefficient (Wildman–Crippen LogP) is 1.51. The van der Waals surface area contributed by atoms with E-state index in [-0.39, 0.29) is 48.5 Å². The Kier molecular flexibility index (Phi) is 10.9. The molecule has 1 aromatic carbocycles. The van der Waals surface area contributed by atoms with Gasteiger partial charge in [-0.2, -0.15) is 9.97 Å². The summed E-state index contributed by atoms with van der Waals surface area (Å²) in [5.74, 6) is -2.12. The molecule has 0 bridgehead atoms. The van der Waals surface area contributed by atoms with Gasteiger partial charge in [0, 0.05) is 18.7 Å². The maximum Gasteiger partial charge on any atom is 0.350 e. The minimum atomic E-state index is -2.34. The van der Waals surface area contributed by atoms with Crippen LogP contribution in [0.5, 0.6) is 0 Å². The number of halogens is 2. The van der Waals surface area contributed by atoms with Crippen molar-refractivity contribution in [2.24, 2.45) is 0 Å². The zero-order chi connectivity index (χ0) is 32.0. The number of hydrogen-bond acceptors (Lipinski definition) is 14. The maximum absolute atomic E-state index is 15.4. The standard InChI is InChI=1S/C27H34ClFN6O9/c1-4-40-23(37)27(24(38)41-5-2,11-14-7-9-15(10-8-14)32-26(39)42-6-3)43-12-16-19(36)17(29)22(44-16)35-13-31-18-20(30)33-25(28)34-21(18)35/h7-10,13,16-17,19,22,26,32,36,39H,4-6,11-12H2,1-3H3,(H2,30,33,34)/t16-,17+,19-,22-,26?/m1/s1. The van der Waals surface area contributed by atoms with Crippen LogP contribution in [-0.4, -0.2) is 98.5 Å².